The summed E-state index contributed by atoms with van der Waals surface area (Å²) < 4.78 is 13.4. The van der Waals surface area contributed by atoms with E-state index in [0.717, 1.165) is 57.9 Å². The molecule has 0 saturated carbocycles. The fourth-order valence-corrected chi connectivity index (χ4v) is 3.93. The summed E-state index contributed by atoms with van der Waals surface area (Å²) >= 11 is 0. The van der Waals surface area contributed by atoms with E-state index in [0.29, 0.717) is 25.0 Å². The summed E-state index contributed by atoms with van der Waals surface area (Å²) in [5.41, 5.74) is 1.22. The maximum atomic E-state index is 11.4. The van der Waals surface area contributed by atoms with E-state index in [1.807, 2.05) is 10.9 Å². The van der Waals surface area contributed by atoms with Crippen LogP contribution in [0.25, 0.3) is 0 Å². The van der Waals surface area contributed by atoms with Crippen LogP contribution in [0.5, 0.6) is 0 Å². The van der Waals surface area contributed by atoms with Crippen molar-refractivity contribution < 1.29 is 14.3 Å². The molecule has 3 saturated heterocycles. The number of nitrogens with zero attached hydrogens (tertiary/aromatic N) is 4. The van der Waals surface area contributed by atoms with E-state index in [2.05, 4.69) is 20.5 Å². The van der Waals surface area contributed by atoms with Crippen molar-refractivity contribution in [3.8, 4) is 0 Å². The molecule has 132 valence electrons. The monoisotopic (exact) mass is 335 g/mol. The first kappa shape index (κ1) is 16.0. The molecule has 8 nitrogen and oxygen atoms in total. The molecule has 0 aliphatic carbocycles. The molecule has 0 bridgehead atoms. The van der Waals surface area contributed by atoms with Gasteiger partial charge in [-0.05, 0) is 19.3 Å². The average molecular weight is 335 g/mol. The van der Waals surface area contributed by atoms with Crippen molar-refractivity contribution in [2.75, 3.05) is 39.5 Å². The van der Waals surface area contributed by atoms with Crippen LogP contribution in [0.2, 0.25) is 0 Å². The van der Waals surface area contributed by atoms with Crippen molar-refractivity contribution in [3.05, 3.63) is 11.9 Å². The Hall–Kier alpha value is -1.51. The van der Waals surface area contributed by atoms with Gasteiger partial charge in [0.25, 0.3) is 0 Å². The van der Waals surface area contributed by atoms with Crippen LogP contribution in [0.4, 0.5) is 0 Å². The summed E-state index contributed by atoms with van der Waals surface area (Å²) in [5.74, 6) is 0.0785. The molecule has 4 rings (SSSR count). The molecule has 4 heterocycles. The lowest BCUT2D eigenvalue weighted by Gasteiger charge is -2.31. The Morgan fingerprint density at radius 2 is 2.25 bits per heavy atom. The number of amides is 1. The molecule has 1 N–H and O–H groups in total. The van der Waals surface area contributed by atoms with E-state index in [-0.39, 0.29) is 12.0 Å². The van der Waals surface area contributed by atoms with Crippen LogP contribution in [0.1, 0.15) is 25.0 Å². The molecule has 1 aromatic rings. The van der Waals surface area contributed by atoms with Gasteiger partial charge >= 0.3 is 0 Å². The number of hydrogen-bond donors (Lipinski definition) is 1. The maximum absolute atomic E-state index is 11.4. The Labute approximate surface area is 141 Å². The molecular weight excluding hydrogens is 310 g/mol. The molecule has 3 aliphatic heterocycles. The van der Waals surface area contributed by atoms with Crippen LogP contribution in [0.3, 0.4) is 0 Å². The normalized spacial score (nSPS) is 27.5. The SMILES string of the molecule is O=C1CN(Cc2cn(CC3CC4(CCOCC4)CO3)nn2)CCN1. The minimum Gasteiger partial charge on any atom is -0.381 e. The largest absolute Gasteiger partial charge is 0.381 e. The molecule has 1 aromatic heterocycles. The van der Waals surface area contributed by atoms with Gasteiger partial charge in [-0.3, -0.25) is 9.69 Å². The predicted octanol–water partition coefficient (Wildman–Crippen LogP) is -0.204. The van der Waals surface area contributed by atoms with Crippen molar-refractivity contribution in [3.63, 3.8) is 0 Å². The molecule has 8 heteroatoms. The van der Waals surface area contributed by atoms with Crippen LogP contribution in [-0.2, 0) is 27.4 Å². The minimum absolute atomic E-state index is 0.0785. The van der Waals surface area contributed by atoms with Crippen molar-refractivity contribution >= 4 is 5.91 Å². The Kier molecular flexibility index (Phi) is 4.51. The van der Waals surface area contributed by atoms with Gasteiger partial charge in [0.1, 0.15) is 0 Å². The van der Waals surface area contributed by atoms with Gasteiger partial charge in [0.05, 0.1) is 31.5 Å². The highest BCUT2D eigenvalue weighted by Crippen LogP contribution is 2.41. The first-order valence-electron chi connectivity index (χ1n) is 8.78. The number of rotatable bonds is 4. The Bertz CT molecular complexity index is 584. The molecule has 0 radical (unpaired) electrons. The smallest absolute Gasteiger partial charge is 0.234 e. The first-order chi connectivity index (χ1) is 11.7. The van der Waals surface area contributed by atoms with Crippen LogP contribution in [0.15, 0.2) is 6.20 Å². The standard InChI is InChI=1S/C16H25N5O3/c22-15-11-20(4-3-17-15)8-13-9-21(19-18-13)10-14-7-16(12-24-14)1-5-23-6-2-16/h9,14H,1-8,10-12H2,(H,17,22). The van der Waals surface area contributed by atoms with Gasteiger partial charge in [0, 0.05) is 44.5 Å². The number of aromatic nitrogens is 3. The molecule has 1 atom stereocenters. The third-order valence-corrected chi connectivity index (χ3v) is 5.32. The Morgan fingerprint density at radius 1 is 1.38 bits per heavy atom. The summed E-state index contributed by atoms with van der Waals surface area (Å²) in [6, 6.07) is 0. The molecule has 1 spiro atoms. The average Bonchev–Trinajstić information content (AvgIpc) is 3.16. The lowest BCUT2D eigenvalue weighted by molar-refractivity contribution is -0.124. The van der Waals surface area contributed by atoms with Crippen LogP contribution < -0.4 is 5.32 Å². The summed E-state index contributed by atoms with van der Waals surface area (Å²) in [6.45, 7) is 5.95. The maximum Gasteiger partial charge on any atom is 0.234 e. The first-order valence-corrected chi connectivity index (χ1v) is 8.78. The zero-order valence-corrected chi connectivity index (χ0v) is 13.9. The summed E-state index contributed by atoms with van der Waals surface area (Å²) in [4.78, 5) is 13.5. The number of ether oxygens (including phenoxy) is 2. The summed E-state index contributed by atoms with van der Waals surface area (Å²) in [7, 11) is 0. The third-order valence-electron chi connectivity index (χ3n) is 5.32. The fraction of sp³-hybridized carbons (Fsp3) is 0.812. The molecule has 0 aromatic carbocycles. The predicted molar refractivity (Wildman–Crippen MR) is 85.2 cm³/mol. The van der Waals surface area contributed by atoms with Gasteiger partial charge in [0.2, 0.25) is 5.91 Å². The zero-order chi connectivity index (χ0) is 16.4. The second kappa shape index (κ2) is 6.78. The molecule has 1 unspecified atom stereocenters. The minimum atomic E-state index is 0.0785. The van der Waals surface area contributed by atoms with Gasteiger partial charge in [-0.1, -0.05) is 5.21 Å². The molecule has 3 aliphatic rings. The molecule has 1 amide bonds. The zero-order valence-electron chi connectivity index (χ0n) is 13.9. The number of carbonyl (C=O) groups is 1. The van der Waals surface area contributed by atoms with Crippen LogP contribution in [0, 0.1) is 5.41 Å². The highest BCUT2D eigenvalue weighted by Gasteiger charge is 2.41. The van der Waals surface area contributed by atoms with Crippen LogP contribution >= 0.6 is 0 Å². The Morgan fingerprint density at radius 3 is 3.08 bits per heavy atom. The lowest BCUT2D eigenvalue weighted by Crippen LogP contribution is -2.47. The summed E-state index contributed by atoms with van der Waals surface area (Å²) in [6.07, 6.45) is 5.47. The highest BCUT2D eigenvalue weighted by atomic mass is 16.5. The van der Waals surface area contributed by atoms with E-state index in [1.54, 1.807) is 0 Å². The van der Waals surface area contributed by atoms with E-state index in [4.69, 9.17) is 9.47 Å². The second-order valence-electron chi connectivity index (χ2n) is 7.24. The third kappa shape index (κ3) is 3.60. The van der Waals surface area contributed by atoms with Crippen molar-refractivity contribution in [2.45, 2.75) is 38.5 Å². The molecule has 3 fully saturated rings. The van der Waals surface area contributed by atoms with Gasteiger partial charge in [-0.2, -0.15) is 0 Å². The summed E-state index contributed by atoms with van der Waals surface area (Å²) in [5, 5.41) is 11.3. The number of nitrogens with one attached hydrogen (secondary N) is 1. The van der Waals surface area contributed by atoms with Gasteiger partial charge in [-0.25, -0.2) is 4.68 Å². The van der Waals surface area contributed by atoms with E-state index in [9.17, 15) is 4.79 Å². The molecule has 24 heavy (non-hydrogen) atoms. The number of piperazine rings is 1. The topological polar surface area (TPSA) is 81.5 Å². The fourth-order valence-electron chi connectivity index (χ4n) is 3.93. The highest BCUT2D eigenvalue weighted by molar-refractivity contribution is 5.78. The van der Waals surface area contributed by atoms with E-state index >= 15 is 0 Å². The van der Waals surface area contributed by atoms with Crippen molar-refractivity contribution in [2.24, 2.45) is 5.41 Å². The van der Waals surface area contributed by atoms with Crippen molar-refractivity contribution in [1.82, 2.24) is 25.2 Å². The lowest BCUT2D eigenvalue weighted by atomic mass is 9.78. The van der Waals surface area contributed by atoms with Crippen molar-refractivity contribution in [1.29, 1.82) is 0 Å². The number of hydrogen-bond acceptors (Lipinski definition) is 6. The van der Waals surface area contributed by atoms with Gasteiger partial charge < -0.3 is 14.8 Å². The van der Waals surface area contributed by atoms with E-state index < -0.39 is 0 Å². The number of carbonyl (C=O) groups excluding carboxylic acids is 1. The van der Waals surface area contributed by atoms with Gasteiger partial charge in [0.15, 0.2) is 0 Å². The van der Waals surface area contributed by atoms with Gasteiger partial charge in [-0.15, -0.1) is 5.10 Å². The van der Waals surface area contributed by atoms with E-state index in [1.165, 1.54) is 0 Å². The molecular formula is C16H25N5O3. The van der Waals surface area contributed by atoms with Crippen LogP contribution in [-0.4, -0.2) is 71.4 Å². The quantitative estimate of drug-likeness (QED) is 0.820. The second-order valence-corrected chi connectivity index (χ2v) is 7.24. The Balaban J connectivity index is 1.30.